The van der Waals surface area contributed by atoms with Crippen LogP contribution >= 0.6 is 0 Å². The number of carbonyl (C=O) groups is 2. The molecule has 1 fully saturated rings. The molecule has 1 aliphatic rings. The topological polar surface area (TPSA) is 108 Å². The first kappa shape index (κ1) is 17.9. The molecular weight excluding hydrogens is 288 g/mol. The number of aliphatic hydroxyl groups excluding tert-OH is 1. The summed E-state index contributed by atoms with van der Waals surface area (Å²) in [5.74, 6) is -0.956. The number of rotatable bonds is 5. The zero-order chi connectivity index (χ0) is 16.4. The maximum absolute atomic E-state index is 11.1. The Kier molecular flexibility index (Phi) is 7.95. The molecule has 0 radical (unpaired) electrons. The van der Waals surface area contributed by atoms with Gasteiger partial charge in [-0.3, -0.25) is 9.59 Å². The highest BCUT2D eigenvalue weighted by Gasteiger charge is 2.08. The molecule has 1 saturated heterocycles. The van der Waals surface area contributed by atoms with Gasteiger partial charge in [-0.25, -0.2) is 0 Å². The highest BCUT2D eigenvalue weighted by atomic mass is 16.5. The lowest BCUT2D eigenvalue weighted by molar-refractivity contribution is -0.138. The van der Waals surface area contributed by atoms with Crippen molar-refractivity contribution in [2.75, 3.05) is 26.2 Å². The summed E-state index contributed by atoms with van der Waals surface area (Å²) in [5, 5.41) is 22.2. The van der Waals surface area contributed by atoms with E-state index in [0.717, 1.165) is 25.1 Å². The second-order valence-corrected chi connectivity index (χ2v) is 4.92. The number of carboxylic acid groups (broad SMARTS) is 1. The summed E-state index contributed by atoms with van der Waals surface area (Å²) in [4.78, 5) is 21.2. The van der Waals surface area contributed by atoms with Gasteiger partial charge < -0.3 is 25.6 Å². The minimum atomic E-state index is -1.08. The predicted octanol–water partition coefficient (Wildman–Crippen LogP) is -0.0848. The Hall–Kier alpha value is -2.12. The zero-order valence-corrected chi connectivity index (χ0v) is 12.5. The van der Waals surface area contributed by atoms with Crippen LogP contribution in [-0.4, -0.2) is 54.4 Å². The molecule has 122 valence electrons. The van der Waals surface area contributed by atoms with Crippen LogP contribution in [0.5, 0.6) is 5.75 Å². The number of carboxylic acids is 1. The van der Waals surface area contributed by atoms with Crippen LogP contribution in [0.4, 0.5) is 0 Å². The van der Waals surface area contributed by atoms with E-state index >= 15 is 0 Å². The lowest BCUT2D eigenvalue weighted by atomic mass is 10.2. The van der Waals surface area contributed by atoms with Crippen LogP contribution < -0.4 is 15.4 Å². The molecule has 2 rings (SSSR count). The van der Waals surface area contributed by atoms with Crippen LogP contribution in [0, 0.1) is 6.92 Å². The molecule has 1 atom stereocenters. The molecule has 0 spiro atoms. The largest absolute Gasteiger partial charge is 0.484 e. The van der Waals surface area contributed by atoms with E-state index < -0.39 is 18.4 Å². The van der Waals surface area contributed by atoms with Crippen molar-refractivity contribution in [2.45, 2.75) is 19.4 Å². The molecule has 0 saturated carbocycles. The Labute approximate surface area is 129 Å². The van der Waals surface area contributed by atoms with Crippen molar-refractivity contribution >= 4 is 11.9 Å². The number of carbonyl (C=O) groups excluding carboxylic acids is 1. The highest BCUT2D eigenvalue weighted by molar-refractivity contribution is 5.82. The van der Waals surface area contributed by atoms with Gasteiger partial charge in [0.25, 0.3) is 5.91 Å². The minimum Gasteiger partial charge on any atom is -0.484 e. The van der Waals surface area contributed by atoms with E-state index in [1.807, 2.05) is 19.1 Å². The zero-order valence-electron chi connectivity index (χ0n) is 12.5. The molecule has 7 nitrogen and oxygen atoms in total. The average molecular weight is 310 g/mol. The lowest BCUT2D eigenvalue weighted by Crippen LogP contribution is -2.33. The molecule has 1 aromatic carbocycles. The van der Waals surface area contributed by atoms with Gasteiger partial charge in [0.15, 0.2) is 6.61 Å². The number of nitrogens with one attached hydrogen (secondary N) is 2. The first-order valence-electron chi connectivity index (χ1n) is 7.04. The molecule has 7 heteroatoms. The number of aliphatic hydroxyl groups is 1. The molecular formula is C15H22N2O5. The van der Waals surface area contributed by atoms with E-state index in [0.29, 0.717) is 5.75 Å². The second kappa shape index (κ2) is 9.75. The third-order valence-electron chi connectivity index (χ3n) is 2.86. The Morgan fingerprint density at radius 2 is 2.05 bits per heavy atom. The van der Waals surface area contributed by atoms with Crippen molar-refractivity contribution in [3.63, 3.8) is 0 Å². The fourth-order valence-electron chi connectivity index (χ4n) is 1.65. The van der Waals surface area contributed by atoms with E-state index in [9.17, 15) is 9.59 Å². The fraction of sp³-hybridized carbons (Fsp3) is 0.467. The minimum absolute atomic E-state index is 0.0648. The van der Waals surface area contributed by atoms with E-state index in [4.69, 9.17) is 14.9 Å². The molecule has 0 aromatic heterocycles. The van der Waals surface area contributed by atoms with E-state index in [2.05, 4.69) is 10.6 Å². The van der Waals surface area contributed by atoms with Crippen molar-refractivity contribution in [3.8, 4) is 5.75 Å². The summed E-state index contributed by atoms with van der Waals surface area (Å²) in [6.07, 6.45) is 0.866. The third kappa shape index (κ3) is 8.23. The first-order chi connectivity index (χ1) is 10.5. The maximum atomic E-state index is 11.1. The number of ether oxygens (including phenoxy) is 1. The van der Waals surface area contributed by atoms with Gasteiger partial charge in [-0.05, 0) is 32.0 Å². The Morgan fingerprint density at radius 3 is 2.50 bits per heavy atom. The quantitative estimate of drug-likeness (QED) is 0.606. The van der Waals surface area contributed by atoms with E-state index in [1.165, 1.54) is 0 Å². The summed E-state index contributed by atoms with van der Waals surface area (Å²) in [7, 11) is 0. The normalized spacial score (nSPS) is 16.4. The van der Waals surface area contributed by atoms with Crippen LogP contribution in [0.25, 0.3) is 0 Å². The number of benzene rings is 1. The Morgan fingerprint density at radius 1 is 1.36 bits per heavy atom. The highest BCUT2D eigenvalue weighted by Crippen LogP contribution is 2.10. The van der Waals surface area contributed by atoms with Crippen molar-refractivity contribution < 1.29 is 24.5 Å². The van der Waals surface area contributed by atoms with Crippen LogP contribution in [0.2, 0.25) is 0 Å². The standard InChI is InChI=1S/C11H13NO4.C4H9NO/c1-8-2-4-9(5-3-8)16-7-10(13)12-6-11(14)15;6-4-1-2-5-3-4/h2-5H,6-7H2,1H3,(H,12,13)(H,14,15);4-6H,1-3H2/t;4-/m.1/s1. The first-order valence-corrected chi connectivity index (χ1v) is 7.04. The number of β-amino-alcohol motifs (C(OH)–C–C–N with tert-alkyl or cyclic N) is 1. The molecule has 0 bridgehead atoms. The van der Waals surface area contributed by atoms with Crippen LogP contribution in [0.15, 0.2) is 24.3 Å². The van der Waals surface area contributed by atoms with E-state index in [-0.39, 0.29) is 12.7 Å². The molecule has 1 aliphatic heterocycles. The van der Waals surface area contributed by atoms with Gasteiger partial charge in [0, 0.05) is 6.54 Å². The summed E-state index contributed by atoms with van der Waals surface area (Å²) in [5.41, 5.74) is 1.10. The van der Waals surface area contributed by atoms with Crippen molar-refractivity contribution in [1.29, 1.82) is 0 Å². The fourth-order valence-corrected chi connectivity index (χ4v) is 1.65. The van der Waals surface area contributed by atoms with Gasteiger partial charge in [-0.1, -0.05) is 17.7 Å². The van der Waals surface area contributed by atoms with Crippen LogP contribution in [0.3, 0.4) is 0 Å². The van der Waals surface area contributed by atoms with Crippen LogP contribution in [-0.2, 0) is 9.59 Å². The third-order valence-corrected chi connectivity index (χ3v) is 2.86. The second-order valence-electron chi connectivity index (χ2n) is 4.92. The summed E-state index contributed by atoms with van der Waals surface area (Å²) >= 11 is 0. The maximum Gasteiger partial charge on any atom is 0.322 e. The van der Waals surface area contributed by atoms with Gasteiger partial charge in [0.1, 0.15) is 12.3 Å². The van der Waals surface area contributed by atoms with Gasteiger partial charge in [-0.2, -0.15) is 0 Å². The van der Waals surface area contributed by atoms with Gasteiger partial charge in [0.05, 0.1) is 6.10 Å². The molecule has 1 aromatic rings. The van der Waals surface area contributed by atoms with Gasteiger partial charge in [0.2, 0.25) is 0 Å². The van der Waals surface area contributed by atoms with Gasteiger partial charge >= 0.3 is 5.97 Å². The SMILES string of the molecule is Cc1ccc(OCC(=O)NCC(=O)O)cc1.O[C@@H]1CCNC1. The number of hydrogen-bond donors (Lipinski definition) is 4. The Balaban J connectivity index is 0.000000335. The number of aryl methyl sites for hydroxylation is 1. The lowest BCUT2D eigenvalue weighted by Gasteiger charge is -2.06. The monoisotopic (exact) mass is 310 g/mol. The molecule has 22 heavy (non-hydrogen) atoms. The van der Waals surface area contributed by atoms with E-state index in [1.54, 1.807) is 12.1 Å². The predicted molar refractivity (Wildman–Crippen MR) is 80.8 cm³/mol. The number of hydrogen-bond acceptors (Lipinski definition) is 5. The van der Waals surface area contributed by atoms with Gasteiger partial charge in [-0.15, -0.1) is 0 Å². The number of aliphatic carboxylic acids is 1. The average Bonchev–Trinajstić information content (AvgIpc) is 2.96. The molecule has 0 unspecified atom stereocenters. The molecule has 4 N–H and O–H groups in total. The van der Waals surface area contributed by atoms with Crippen molar-refractivity contribution in [1.82, 2.24) is 10.6 Å². The van der Waals surface area contributed by atoms with Crippen LogP contribution in [0.1, 0.15) is 12.0 Å². The summed E-state index contributed by atoms with van der Waals surface area (Å²) in [6, 6.07) is 7.23. The molecule has 1 amide bonds. The molecule has 0 aliphatic carbocycles. The van der Waals surface area contributed by atoms with Crippen molar-refractivity contribution in [2.24, 2.45) is 0 Å². The molecule has 1 heterocycles. The smallest absolute Gasteiger partial charge is 0.322 e. The number of amides is 1. The van der Waals surface area contributed by atoms with Crippen molar-refractivity contribution in [3.05, 3.63) is 29.8 Å². The summed E-state index contributed by atoms with van der Waals surface area (Å²) in [6.45, 7) is 3.15. The Bertz CT molecular complexity index is 469. The summed E-state index contributed by atoms with van der Waals surface area (Å²) < 4.78 is 5.15.